The van der Waals surface area contributed by atoms with Gasteiger partial charge >= 0.3 is 0 Å². The lowest BCUT2D eigenvalue weighted by molar-refractivity contribution is 0.288. The molecule has 0 aliphatic heterocycles. The van der Waals surface area contributed by atoms with Crippen LogP contribution in [0.4, 0.5) is 5.69 Å². The van der Waals surface area contributed by atoms with Crippen LogP contribution in [0.25, 0.3) is 0 Å². The van der Waals surface area contributed by atoms with E-state index >= 15 is 0 Å². The van der Waals surface area contributed by atoms with Crippen LogP contribution in [0, 0.1) is 0 Å². The molecule has 0 aliphatic carbocycles. The van der Waals surface area contributed by atoms with Crippen molar-refractivity contribution in [3.05, 3.63) is 52.9 Å². The van der Waals surface area contributed by atoms with Gasteiger partial charge in [-0.1, -0.05) is 6.92 Å². The van der Waals surface area contributed by atoms with E-state index in [2.05, 4.69) is 0 Å². The second-order valence-corrected chi connectivity index (χ2v) is 4.64. The van der Waals surface area contributed by atoms with E-state index in [0.29, 0.717) is 31.2 Å². The molecule has 0 radical (unpaired) electrons. The Morgan fingerprint density at radius 2 is 1.86 bits per heavy atom. The maximum Gasteiger partial charge on any atom is 0.292 e. The molecule has 0 saturated heterocycles. The molecule has 1 heterocycles. The highest BCUT2D eigenvalue weighted by molar-refractivity contribution is 5.41. The summed E-state index contributed by atoms with van der Waals surface area (Å²) in [6.45, 7) is 3.41. The van der Waals surface area contributed by atoms with Crippen molar-refractivity contribution in [2.24, 2.45) is 0 Å². The molecule has 0 bridgehead atoms. The largest absolute Gasteiger partial charge is 0.492 e. The van der Waals surface area contributed by atoms with Crippen LogP contribution in [0.15, 0.2) is 47.4 Å². The van der Waals surface area contributed by atoms with Crippen molar-refractivity contribution in [1.29, 1.82) is 0 Å². The summed E-state index contributed by atoms with van der Waals surface area (Å²) in [7, 11) is 0. The molecule has 0 saturated carbocycles. The highest BCUT2D eigenvalue weighted by Gasteiger charge is 2.04. The molecule has 0 spiro atoms. The molecule has 0 atom stereocenters. The smallest absolute Gasteiger partial charge is 0.292 e. The summed E-state index contributed by atoms with van der Waals surface area (Å²) in [6.07, 6.45) is 2.60. The molecule has 2 N–H and O–H groups in total. The van der Waals surface area contributed by atoms with E-state index in [1.54, 1.807) is 47.2 Å². The minimum Gasteiger partial charge on any atom is -0.492 e. The summed E-state index contributed by atoms with van der Waals surface area (Å²) in [5.41, 5.74) is 6.17. The summed E-state index contributed by atoms with van der Waals surface area (Å²) in [5, 5.41) is 0. The van der Waals surface area contributed by atoms with Crippen molar-refractivity contribution in [3.8, 4) is 11.5 Å². The van der Waals surface area contributed by atoms with Gasteiger partial charge in [-0.05, 0) is 42.8 Å². The maximum absolute atomic E-state index is 12.1. The molecule has 1 aromatic carbocycles. The second kappa shape index (κ2) is 7.38. The van der Waals surface area contributed by atoms with Crippen LogP contribution in [0.3, 0.4) is 0 Å². The number of ether oxygens (including phenoxy) is 2. The predicted molar refractivity (Wildman–Crippen MR) is 82.8 cm³/mol. The Morgan fingerprint density at radius 3 is 2.57 bits per heavy atom. The molecule has 21 heavy (non-hydrogen) atoms. The van der Waals surface area contributed by atoms with Gasteiger partial charge in [-0.25, -0.2) is 0 Å². The molecule has 2 aromatic rings. The Balaban J connectivity index is 1.94. The average Bonchev–Trinajstić information content (AvgIpc) is 2.50. The highest BCUT2D eigenvalue weighted by atomic mass is 16.5. The van der Waals surface area contributed by atoms with Gasteiger partial charge in [-0.3, -0.25) is 4.79 Å². The number of nitrogens with zero attached hydrogens (tertiary/aromatic N) is 1. The van der Waals surface area contributed by atoms with Crippen molar-refractivity contribution in [3.63, 3.8) is 0 Å². The fourth-order valence-electron chi connectivity index (χ4n) is 1.84. The fourth-order valence-corrected chi connectivity index (χ4v) is 1.84. The Kier molecular flexibility index (Phi) is 5.26. The fraction of sp³-hybridized carbons (Fsp3) is 0.312. The molecule has 0 fully saturated rings. The van der Waals surface area contributed by atoms with E-state index in [-0.39, 0.29) is 5.56 Å². The summed E-state index contributed by atoms with van der Waals surface area (Å²) >= 11 is 0. The number of hydrogen-bond acceptors (Lipinski definition) is 4. The van der Waals surface area contributed by atoms with Gasteiger partial charge in [0.05, 0.1) is 13.2 Å². The second-order valence-electron chi connectivity index (χ2n) is 4.64. The van der Waals surface area contributed by atoms with Gasteiger partial charge in [0.1, 0.15) is 12.4 Å². The van der Waals surface area contributed by atoms with Gasteiger partial charge in [0, 0.05) is 11.9 Å². The van der Waals surface area contributed by atoms with Gasteiger partial charge in [0.25, 0.3) is 5.56 Å². The maximum atomic E-state index is 12.1. The zero-order valence-electron chi connectivity index (χ0n) is 12.1. The number of nitrogen functional groups attached to an aromatic ring is 1. The first-order valence-electron chi connectivity index (χ1n) is 7.01. The summed E-state index contributed by atoms with van der Waals surface area (Å²) in [4.78, 5) is 12.1. The van der Waals surface area contributed by atoms with Gasteiger partial charge in [0.2, 0.25) is 0 Å². The lowest BCUT2D eigenvalue weighted by Crippen LogP contribution is -2.24. The first-order chi connectivity index (χ1) is 10.2. The minimum atomic E-state index is -0.133. The van der Waals surface area contributed by atoms with Crippen molar-refractivity contribution < 1.29 is 9.47 Å². The molecular formula is C16H20N2O3. The van der Waals surface area contributed by atoms with Crippen molar-refractivity contribution >= 4 is 5.69 Å². The van der Waals surface area contributed by atoms with Crippen LogP contribution < -0.4 is 20.8 Å². The van der Waals surface area contributed by atoms with Crippen molar-refractivity contribution in [1.82, 2.24) is 4.57 Å². The van der Waals surface area contributed by atoms with Crippen LogP contribution >= 0.6 is 0 Å². The monoisotopic (exact) mass is 288 g/mol. The Hall–Kier alpha value is -2.43. The van der Waals surface area contributed by atoms with E-state index in [0.717, 1.165) is 12.2 Å². The Labute approximate surface area is 123 Å². The van der Waals surface area contributed by atoms with Gasteiger partial charge in [-0.2, -0.15) is 0 Å². The third-order valence-corrected chi connectivity index (χ3v) is 2.93. The van der Waals surface area contributed by atoms with E-state index in [1.165, 1.54) is 0 Å². The molecule has 5 heteroatoms. The molecule has 1 aromatic heterocycles. The van der Waals surface area contributed by atoms with Crippen LogP contribution in [-0.4, -0.2) is 17.8 Å². The average molecular weight is 288 g/mol. The standard InChI is InChI=1S/C16H20N2O3/c1-2-11-21-15-4-3-9-18(16(15)19)10-12-20-14-7-5-13(17)6-8-14/h3-9H,2,10-12,17H2,1H3. The Bertz CT molecular complexity index is 620. The minimum absolute atomic E-state index is 0.133. The third-order valence-electron chi connectivity index (χ3n) is 2.93. The van der Waals surface area contributed by atoms with Crippen LogP contribution in [0.5, 0.6) is 11.5 Å². The summed E-state index contributed by atoms with van der Waals surface area (Å²) in [5.74, 6) is 1.11. The molecule has 0 amide bonds. The zero-order valence-corrected chi connectivity index (χ0v) is 12.1. The van der Waals surface area contributed by atoms with Crippen molar-refractivity contribution in [2.45, 2.75) is 19.9 Å². The number of nitrogens with two attached hydrogens (primary N) is 1. The lowest BCUT2D eigenvalue weighted by atomic mass is 10.3. The quantitative estimate of drug-likeness (QED) is 0.794. The molecule has 0 unspecified atom stereocenters. The summed E-state index contributed by atoms with van der Waals surface area (Å²) in [6, 6.07) is 10.7. The van der Waals surface area contributed by atoms with Gasteiger partial charge < -0.3 is 19.8 Å². The van der Waals surface area contributed by atoms with Crippen LogP contribution in [0.1, 0.15) is 13.3 Å². The SMILES string of the molecule is CCCOc1cccn(CCOc2ccc(N)cc2)c1=O. The molecule has 112 valence electrons. The number of aromatic nitrogens is 1. The number of pyridine rings is 1. The lowest BCUT2D eigenvalue weighted by Gasteiger charge is -2.10. The topological polar surface area (TPSA) is 66.5 Å². The number of rotatable bonds is 7. The van der Waals surface area contributed by atoms with E-state index in [1.807, 2.05) is 6.92 Å². The van der Waals surface area contributed by atoms with Crippen molar-refractivity contribution in [2.75, 3.05) is 18.9 Å². The Morgan fingerprint density at radius 1 is 1.10 bits per heavy atom. The zero-order chi connectivity index (χ0) is 15.1. The number of anilines is 1. The molecular weight excluding hydrogens is 268 g/mol. The number of benzene rings is 1. The molecule has 2 rings (SSSR count). The van der Waals surface area contributed by atoms with Gasteiger partial charge in [0.15, 0.2) is 5.75 Å². The first kappa shape index (κ1) is 15.0. The highest BCUT2D eigenvalue weighted by Crippen LogP contribution is 2.13. The van der Waals surface area contributed by atoms with Gasteiger partial charge in [-0.15, -0.1) is 0 Å². The van der Waals surface area contributed by atoms with Crippen LogP contribution in [-0.2, 0) is 6.54 Å². The molecule has 5 nitrogen and oxygen atoms in total. The summed E-state index contributed by atoms with van der Waals surface area (Å²) < 4.78 is 12.6. The number of hydrogen-bond donors (Lipinski definition) is 1. The first-order valence-corrected chi connectivity index (χ1v) is 7.01. The van der Waals surface area contributed by atoms with E-state index in [9.17, 15) is 4.79 Å². The predicted octanol–water partition coefficient (Wildman–Crippen LogP) is 2.30. The van der Waals surface area contributed by atoms with E-state index in [4.69, 9.17) is 15.2 Å². The van der Waals surface area contributed by atoms with E-state index < -0.39 is 0 Å². The normalized spacial score (nSPS) is 10.3. The third kappa shape index (κ3) is 4.27. The van der Waals surface area contributed by atoms with Crippen LogP contribution in [0.2, 0.25) is 0 Å². The molecule has 0 aliphatic rings.